The van der Waals surface area contributed by atoms with E-state index in [1.165, 1.54) is 23.2 Å². The molecule has 0 unspecified atom stereocenters. The summed E-state index contributed by atoms with van der Waals surface area (Å²) < 4.78 is 27.2. The predicted molar refractivity (Wildman–Crippen MR) is 156 cm³/mol. The van der Waals surface area contributed by atoms with Crippen molar-refractivity contribution in [1.82, 2.24) is 9.66 Å². The summed E-state index contributed by atoms with van der Waals surface area (Å²) >= 11 is 10.1. The smallest absolute Gasteiger partial charge is 0.282 e. The fraction of sp³-hybridized carbons (Fsp3) is 0.300. The van der Waals surface area contributed by atoms with Gasteiger partial charge >= 0.3 is 0 Å². The average molecular weight is 613 g/mol. The lowest BCUT2D eigenvalue weighted by molar-refractivity contribution is 0.269. The van der Waals surface area contributed by atoms with Crippen LogP contribution in [-0.2, 0) is 6.61 Å². The number of ether oxygens (including phenoxy) is 2. The van der Waals surface area contributed by atoms with Gasteiger partial charge in [0.2, 0.25) is 0 Å². The summed E-state index contributed by atoms with van der Waals surface area (Å²) in [6.07, 6.45) is 6.95. The Bertz CT molecular complexity index is 1570. The highest BCUT2D eigenvalue weighted by atomic mass is 79.9. The predicted octanol–water partition coefficient (Wildman–Crippen LogP) is 7.86. The van der Waals surface area contributed by atoms with Gasteiger partial charge in [0.1, 0.15) is 18.2 Å². The zero-order chi connectivity index (χ0) is 27.4. The van der Waals surface area contributed by atoms with E-state index in [0.717, 1.165) is 35.7 Å². The molecule has 1 fully saturated rings. The van der Waals surface area contributed by atoms with Gasteiger partial charge in [-0.3, -0.25) is 4.79 Å². The molecule has 3 aromatic carbocycles. The van der Waals surface area contributed by atoms with Gasteiger partial charge in [-0.2, -0.15) is 9.78 Å². The van der Waals surface area contributed by atoms with E-state index in [1.807, 2.05) is 19.1 Å². The van der Waals surface area contributed by atoms with Crippen LogP contribution in [0.25, 0.3) is 10.9 Å². The second-order valence-corrected chi connectivity index (χ2v) is 10.8. The maximum absolute atomic E-state index is 13.6. The first-order valence-corrected chi connectivity index (χ1v) is 14.2. The lowest BCUT2D eigenvalue weighted by atomic mass is 9.88. The van der Waals surface area contributed by atoms with E-state index in [2.05, 4.69) is 21.0 Å². The standard InChI is InChI=1S/C30H28BrClFN3O3/c1-2-38-27-15-20(14-25(32)28(27)39-18-19-8-11-23(33)12-9-19)17-34-36-29(21-6-4-3-5-7-21)35-26-13-10-22(31)16-24(26)30(36)37/h8-17,21H,2-7,18H2,1H3. The Morgan fingerprint density at radius 2 is 1.87 bits per heavy atom. The SMILES string of the molecule is CCOc1cc(C=Nn2c(C3CCCCC3)nc3ccc(Br)cc3c2=O)cc(Cl)c1OCc1ccc(F)cc1. The van der Waals surface area contributed by atoms with E-state index in [-0.39, 0.29) is 23.9 Å². The molecule has 6 nitrogen and oxygen atoms in total. The van der Waals surface area contributed by atoms with Crippen LogP contribution in [0.2, 0.25) is 5.02 Å². The second-order valence-electron chi connectivity index (χ2n) is 9.51. The first-order chi connectivity index (χ1) is 18.9. The lowest BCUT2D eigenvalue weighted by Gasteiger charge is -2.22. The molecule has 1 aromatic heterocycles. The Kier molecular flexibility index (Phi) is 8.63. The van der Waals surface area contributed by atoms with Crippen molar-refractivity contribution >= 4 is 44.6 Å². The molecule has 0 saturated heterocycles. The van der Waals surface area contributed by atoms with Crippen molar-refractivity contribution in [2.24, 2.45) is 5.10 Å². The van der Waals surface area contributed by atoms with E-state index in [9.17, 15) is 9.18 Å². The topological polar surface area (TPSA) is 65.7 Å². The van der Waals surface area contributed by atoms with E-state index in [0.29, 0.717) is 45.4 Å². The first-order valence-electron chi connectivity index (χ1n) is 13.0. The zero-order valence-electron chi connectivity index (χ0n) is 21.5. The van der Waals surface area contributed by atoms with Gasteiger partial charge in [-0.15, -0.1) is 0 Å². The van der Waals surface area contributed by atoms with E-state index in [1.54, 1.807) is 36.5 Å². The first kappa shape index (κ1) is 27.3. The molecule has 0 aliphatic heterocycles. The van der Waals surface area contributed by atoms with Crippen molar-refractivity contribution in [1.29, 1.82) is 0 Å². The molecular formula is C30H28BrClFN3O3. The highest BCUT2D eigenvalue weighted by Gasteiger charge is 2.22. The Labute approximate surface area is 239 Å². The van der Waals surface area contributed by atoms with Crippen LogP contribution in [0.5, 0.6) is 11.5 Å². The highest BCUT2D eigenvalue weighted by Crippen LogP contribution is 2.37. The van der Waals surface area contributed by atoms with Crippen LogP contribution in [0, 0.1) is 5.82 Å². The fourth-order valence-electron chi connectivity index (χ4n) is 4.83. The summed E-state index contributed by atoms with van der Waals surface area (Å²) in [5.41, 5.74) is 1.90. The normalized spacial score (nSPS) is 14.3. The molecular weight excluding hydrogens is 585 g/mol. The van der Waals surface area contributed by atoms with Crippen LogP contribution in [0.1, 0.15) is 61.9 Å². The molecule has 9 heteroatoms. The number of fused-ring (bicyclic) bond motifs is 1. The molecule has 0 N–H and O–H groups in total. The van der Waals surface area contributed by atoms with Gasteiger partial charge in [-0.1, -0.05) is 58.9 Å². The summed E-state index contributed by atoms with van der Waals surface area (Å²) in [5, 5.41) is 5.45. The van der Waals surface area contributed by atoms with Gasteiger partial charge < -0.3 is 9.47 Å². The van der Waals surface area contributed by atoms with Crippen LogP contribution in [0.15, 0.2) is 69.0 Å². The number of nitrogens with zero attached hydrogens (tertiary/aromatic N) is 3. The molecule has 0 amide bonds. The van der Waals surface area contributed by atoms with Crippen LogP contribution in [0.4, 0.5) is 4.39 Å². The molecule has 1 saturated carbocycles. The highest BCUT2D eigenvalue weighted by molar-refractivity contribution is 9.10. The number of hydrogen-bond donors (Lipinski definition) is 0. The van der Waals surface area contributed by atoms with Gasteiger partial charge in [0, 0.05) is 10.4 Å². The third kappa shape index (κ3) is 6.34. The number of hydrogen-bond acceptors (Lipinski definition) is 5. The molecule has 1 aliphatic carbocycles. The molecule has 202 valence electrons. The Morgan fingerprint density at radius 1 is 1.10 bits per heavy atom. The third-order valence-corrected chi connectivity index (χ3v) is 7.53. The number of halogens is 3. The maximum Gasteiger partial charge on any atom is 0.282 e. The molecule has 1 aliphatic rings. The number of aromatic nitrogens is 2. The van der Waals surface area contributed by atoms with E-state index in [4.69, 9.17) is 26.1 Å². The molecule has 0 radical (unpaired) electrons. The Balaban J connectivity index is 1.50. The molecule has 4 aromatic rings. The zero-order valence-corrected chi connectivity index (χ0v) is 23.8. The van der Waals surface area contributed by atoms with Gasteiger partial charge in [0.15, 0.2) is 11.5 Å². The quantitative estimate of drug-likeness (QED) is 0.190. The average Bonchev–Trinajstić information content (AvgIpc) is 2.94. The van der Waals surface area contributed by atoms with Crippen LogP contribution in [-0.4, -0.2) is 22.5 Å². The van der Waals surface area contributed by atoms with Gasteiger partial charge in [0.25, 0.3) is 5.56 Å². The van der Waals surface area contributed by atoms with Crippen molar-refractivity contribution in [2.45, 2.75) is 51.6 Å². The van der Waals surface area contributed by atoms with Gasteiger partial charge in [-0.05, 0) is 73.4 Å². The van der Waals surface area contributed by atoms with Crippen LogP contribution in [0.3, 0.4) is 0 Å². The Hall–Kier alpha value is -3.23. The molecule has 39 heavy (non-hydrogen) atoms. The number of rotatable bonds is 8. The summed E-state index contributed by atoms with van der Waals surface area (Å²) in [7, 11) is 0. The molecule has 0 atom stereocenters. The van der Waals surface area contributed by atoms with Crippen LogP contribution >= 0.6 is 27.5 Å². The monoisotopic (exact) mass is 611 g/mol. The minimum absolute atomic E-state index is 0.168. The summed E-state index contributed by atoms with van der Waals surface area (Å²) in [4.78, 5) is 18.5. The molecule has 0 spiro atoms. The van der Waals surface area contributed by atoms with E-state index >= 15 is 0 Å². The maximum atomic E-state index is 13.6. The minimum atomic E-state index is -0.310. The van der Waals surface area contributed by atoms with Crippen molar-refractivity contribution < 1.29 is 13.9 Å². The molecule has 0 bridgehead atoms. The van der Waals surface area contributed by atoms with Gasteiger partial charge in [0.05, 0.1) is 28.7 Å². The second kappa shape index (κ2) is 12.3. The van der Waals surface area contributed by atoms with Crippen molar-refractivity contribution in [3.63, 3.8) is 0 Å². The lowest BCUT2D eigenvalue weighted by Crippen LogP contribution is -2.25. The Morgan fingerprint density at radius 3 is 2.62 bits per heavy atom. The fourth-order valence-corrected chi connectivity index (χ4v) is 5.46. The van der Waals surface area contributed by atoms with Crippen LogP contribution < -0.4 is 15.0 Å². The third-order valence-electron chi connectivity index (χ3n) is 6.75. The number of benzene rings is 3. The summed E-state index contributed by atoms with van der Waals surface area (Å²) in [5.74, 6) is 1.38. The van der Waals surface area contributed by atoms with Crippen molar-refractivity contribution in [3.8, 4) is 11.5 Å². The summed E-state index contributed by atoms with van der Waals surface area (Å²) in [6.45, 7) is 2.47. The van der Waals surface area contributed by atoms with Gasteiger partial charge in [-0.25, -0.2) is 9.37 Å². The molecule has 1 heterocycles. The largest absolute Gasteiger partial charge is 0.490 e. The summed E-state index contributed by atoms with van der Waals surface area (Å²) in [6, 6.07) is 15.1. The molecule has 5 rings (SSSR count). The van der Waals surface area contributed by atoms with Crippen molar-refractivity contribution in [2.75, 3.05) is 6.61 Å². The van der Waals surface area contributed by atoms with Crippen molar-refractivity contribution in [3.05, 3.63) is 97.2 Å². The van der Waals surface area contributed by atoms with E-state index < -0.39 is 0 Å². The minimum Gasteiger partial charge on any atom is -0.490 e.